The Bertz CT molecular complexity index is 859. The molecule has 24 heavy (non-hydrogen) atoms. The molecule has 0 bridgehead atoms. The summed E-state index contributed by atoms with van der Waals surface area (Å²) >= 11 is 3.32. The van der Waals surface area contributed by atoms with Crippen LogP contribution in [0.15, 0.2) is 63.6 Å². The van der Waals surface area contributed by atoms with Crippen LogP contribution in [0, 0.1) is 0 Å². The lowest BCUT2D eigenvalue weighted by Gasteiger charge is -2.04. The Kier molecular flexibility index (Phi) is 4.96. The predicted octanol–water partition coefficient (Wildman–Crippen LogP) is 4.47. The lowest BCUT2D eigenvalue weighted by molar-refractivity contribution is 0.0463. The van der Waals surface area contributed by atoms with Crippen LogP contribution in [0.2, 0.25) is 0 Å². The summed E-state index contributed by atoms with van der Waals surface area (Å²) in [5, 5.41) is 3.93. The monoisotopic (exact) mass is 387 g/mol. The third kappa shape index (κ3) is 3.65. The van der Waals surface area contributed by atoms with E-state index in [1.54, 1.807) is 31.4 Å². The van der Waals surface area contributed by atoms with E-state index in [0.29, 0.717) is 21.5 Å². The van der Waals surface area contributed by atoms with Crippen LogP contribution in [0.1, 0.15) is 16.1 Å². The second-order valence-electron chi connectivity index (χ2n) is 4.97. The van der Waals surface area contributed by atoms with Crippen molar-refractivity contribution in [2.24, 2.45) is 0 Å². The van der Waals surface area contributed by atoms with Crippen molar-refractivity contribution in [1.29, 1.82) is 0 Å². The predicted molar refractivity (Wildman–Crippen MR) is 91.8 cm³/mol. The number of benzene rings is 2. The minimum Gasteiger partial charge on any atom is -0.497 e. The van der Waals surface area contributed by atoms with Crippen LogP contribution >= 0.6 is 15.9 Å². The molecule has 0 radical (unpaired) electrons. The van der Waals surface area contributed by atoms with Crippen LogP contribution in [0.3, 0.4) is 0 Å². The Labute approximate surface area is 147 Å². The number of nitrogens with zero attached hydrogens (tertiary/aromatic N) is 1. The van der Waals surface area contributed by atoms with Gasteiger partial charge in [0.05, 0.1) is 12.7 Å². The van der Waals surface area contributed by atoms with Gasteiger partial charge in [0.15, 0.2) is 5.76 Å². The zero-order valence-electron chi connectivity index (χ0n) is 12.9. The lowest BCUT2D eigenvalue weighted by Crippen LogP contribution is -2.06. The number of esters is 1. The van der Waals surface area contributed by atoms with Crippen molar-refractivity contribution in [3.63, 3.8) is 0 Å². The van der Waals surface area contributed by atoms with Crippen molar-refractivity contribution >= 4 is 21.9 Å². The normalized spacial score (nSPS) is 10.4. The van der Waals surface area contributed by atoms with E-state index in [0.717, 1.165) is 11.3 Å². The van der Waals surface area contributed by atoms with E-state index in [2.05, 4.69) is 21.1 Å². The fourth-order valence-corrected chi connectivity index (χ4v) is 2.58. The van der Waals surface area contributed by atoms with Gasteiger partial charge in [-0.25, -0.2) is 4.79 Å². The van der Waals surface area contributed by atoms with Gasteiger partial charge in [-0.3, -0.25) is 0 Å². The Morgan fingerprint density at radius 1 is 1.17 bits per heavy atom. The zero-order valence-corrected chi connectivity index (χ0v) is 14.4. The minimum absolute atomic E-state index is 0.0354. The Balaban J connectivity index is 1.68. The smallest absolute Gasteiger partial charge is 0.339 e. The Hall–Kier alpha value is -2.60. The standard InChI is InChI=1S/C18H14BrNO4/c1-22-14-6-4-5-12(9-14)17-10-13(20-24-17)11-23-18(21)15-7-2-3-8-16(15)19/h2-10H,11H2,1H3. The highest BCUT2D eigenvalue weighted by atomic mass is 79.9. The number of carbonyl (C=O) groups excluding carboxylic acids is 1. The molecule has 0 saturated heterocycles. The molecule has 6 heteroatoms. The van der Waals surface area contributed by atoms with E-state index in [1.165, 1.54) is 0 Å². The molecule has 1 aromatic heterocycles. The van der Waals surface area contributed by atoms with Crippen molar-refractivity contribution in [1.82, 2.24) is 5.16 Å². The maximum atomic E-state index is 12.1. The van der Waals surface area contributed by atoms with E-state index in [-0.39, 0.29) is 6.61 Å². The van der Waals surface area contributed by atoms with Crippen LogP contribution in [-0.2, 0) is 11.3 Å². The average Bonchev–Trinajstić information content (AvgIpc) is 3.09. The Morgan fingerprint density at radius 2 is 2.00 bits per heavy atom. The molecule has 0 aliphatic rings. The van der Waals surface area contributed by atoms with Crippen LogP contribution in [0.4, 0.5) is 0 Å². The van der Waals surface area contributed by atoms with Gasteiger partial charge in [-0.15, -0.1) is 0 Å². The van der Waals surface area contributed by atoms with Gasteiger partial charge in [-0.1, -0.05) is 29.4 Å². The summed E-state index contributed by atoms with van der Waals surface area (Å²) < 4.78 is 16.5. The van der Waals surface area contributed by atoms with E-state index >= 15 is 0 Å². The highest BCUT2D eigenvalue weighted by molar-refractivity contribution is 9.10. The van der Waals surface area contributed by atoms with E-state index < -0.39 is 5.97 Å². The highest BCUT2D eigenvalue weighted by Gasteiger charge is 2.13. The van der Waals surface area contributed by atoms with Gasteiger partial charge >= 0.3 is 5.97 Å². The molecule has 2 aromatic carbocycles. The maximum Gasteiger partial charge on any atom is 0.339 e. The quantitative estimate of drug-likeness (QED) is 0.604. The lowest BCUT2D eigenvalue weighted by atomic mass is 10.1. The fourth-order valence-electron chi connectivity index (χ4n) is 2.14. The summed E-state index contributed by atoms with van der Waals surface area (Å²) in [4.78, 5) is 12.1. The molecular formula is C18H14BrNO4. The SMILES string of the molecule is COc1cccc(-c2cc(COC(=O)c3ccccc3Br)no2)c1. The molecule has 3 aromatic rings. The number of methoxy groups -OCH3 is 1. The van der Waals surface area contributed by atoms with E-state index in [1.807, 2.05) is 30.3 Å². The first-order chi connectivity index (χ1) is 11.7. The third-order valence-corrected chi connectivity index (χ3v) is 4.05. The Morgan fingerprint density at radius 3 is 2.79 bits per heavy atom. The molecule has 0 amide bonds. The van der Waals surface area contributed by atoms with Gasteiger partial charge in [-0.2, -0.15) is 0 Å². The van der Waals surface area contributed by atoms with Crippen molar-refractivity contribution in [3.8, 4) is 17.1 Å². The number of rotatable bonds is 5. The molecular weight excluding hydrogens is 374 g/mol. The van der Waals surface area contributed by atoms with Crippen LogP contribution in [-0.4, -0.2) is 18.2 Å². The highest BCUT2D eigenvalue weighted by Crippen LogP contribution is 2.25. The number of ether oxygens (including phenoxy) is 2. The first kappa shape index (κ1) is 16.3. The third-order valence-electron chi connectivity index (χ3n) is 3.36. The second-order valence-corrected chi connectivity index (χ2v) is 5.82. The van der Waals surface area contributed by atoms with E-state index in [4.69, 9.17) is 14.0 Å². The first-order valence-electron chi connectivity index (χ1n) is 7.19. The summed E-state index contributed by atoms with van der Waals surface area (Å²) in [6.07, 6.45) is 0. The second kappa shape index (κ2) is 7.31. The summed E-state index contributed by atoms with van der Waals surface area (Å²) in [7, 11) is 1.60. The molecule has 5 nitrogen and oxygen atoms in total. The van der Waals surface area contributed by atoms with Crippen LogP contribution in [0.5, 0.6) is 5.75 Å². The minimum atomic E-state index is -0.423. The zero-order chi connectivity index (χ0) is 16.9. The molecule has 122 valence electrons. The molecule has 1 heterocycles. The van der Waals surface area contributed by atoms with Crippen molar-refractivity contribution < 1.29 is 18.8 Å². The number of hydrogen-bond donors (Lipinski definition) is 0. The van der Waals surface area contributed by atoms with Gasteiger partial charge in [-0.05, 0) is 40.2 Å². The summed E-state index contributed by atoms with van der Waals surface area (Å²) in [6.45, 7) is 0.0354. The number of hydrogen-bond acceptors (Lipinski definition) is 5. The fraction of sp³-hybridized carbons (Fsp3) is 0.111. The van der Waals surface area contributed by atoms with Gasteiger partial charge in [0.25, 0.3) is 0 Å². The van der Waals surface area contributed by atoms with Gasteiger partial charge < -0.3 is 14.0 Å². The summed E-state index contributed by atoms with van der Waals surface area (Å²) in [5.41, 5.74) is 1.84. The largest absolute Gasteiger partial charge is 0.497 e. The average molecular weight is 388 g/mol. The molecule has 3 rings (SSSR count). The number of carbonyl (C=O) groups is 1. The molecule has 0 atom stereocenters. The molecule has 0 aliphatic heterocycles. The number of halogens is 1. The molecule has 0 unspecified atom stereocenters. The van der Waals surface area contributed by atoms with Crippen molar-refractivity contribution in [2.45, 2.75) is 6.61 Å². The first-order valence-corrected chi connectivity index (χ1v) is 7.98. The van der Waals surface area contributed by atoms with Crippen molar-refractivity contribution in [2.75, 3.05) is 7.11 Å². The number of aromatic nitrogens is 1. The molecule has 0 spiro atoms. The van der Waals surface area contributed by atoms with Crippen LogP contribution < -0.4 is 4.74 Å². The molecule has 0 saturated carbocycles. The van der Waals surface area contributed by atoms with Gasteiger partial charge in [0.1, 0.15) is 18.1 Å². The molecule has 0 N–H and O–H groups in total. The maximum absolute atomic E-state index is 12.1. The van der Waals surface area contributed by atoms with Crippen LogP contribution in [0.25, 0.3) is 11.3 Å². The van der Waals surface area contributed by atoms with E-state index in [9.17, 15) is 4.79 Å². The van der Waals surface area contributed by atoms with Gasteiger partial charge in [0, 0.05) is 16.1 Å². The summed E-state index contributed by atoms with van der Waals surface area (Å²) in [5.74, 6) is 0.889. The van der Waals surface area contributed by atoms with Gasteiger partial charge in [0.2, 0.25) is 0 Å². The molecule has 0 fully saturated rings. The van der Waals surface area contributed by atoms with Crippen molar-refractivity contribution in [3.05, 3.63) is 70.3 Å². The molecule has 0 aliphatic carbocycles. The summed E-state index contributed by atoms with van der Waals surface area (Å²) in [6, 6.07) is 16.3. The topological polar surface area (TPSA) is 61.6 Å².